The van der Waals surface area contributed by atoms with Crippen LogP contribution in [-0.2, 0) is 15.8 Å². The molecule has 0 unspecified atom stereocenters. The van der Waals surface area contributed by atoms with E-state index in [0.717, 1.165) is 11.5 Å². The van der Waals surface area contributed by atoms with Crippen LogP contribution in [0.3, 0.4) is 0 Å². The molecule has 0 saturated heterocycles. The second kappa shape index (κ2) is 8.11. The van der Waals surface area contributed by atoms with E-state index in [4.69, 9.17) is 8.94 Å². The molecular formula is C18H20N2O4S2. The molecule has 2 aromatic heterocycles. The number of furan rings is 1. The first-order valence-electron chi connectivity index (χ1n) is 8.10. The van der Waals surface area contributed by atoms with Crippen molar-refractivity contribution in [2.24, 2.45) is 0 Å². The van der Waals surface area contributed by atoms with Crippen LogP contribution in [0.4, 0.5) is 0 Å². The molecule has 26 heavy (non-hydrogen) atoms. The number of hydrogen-bond donors (Lipinski definition) is 1. The van der Waals surface area contributed by atoms with Crippen LogP contribution in [0.25, 0.3) is 11.3 Å². The van der Waals surface area contributed by atoms with Gasteiger partial charge < -0.3 is 8.94 Å². The summed E-state index contributed by atoms with van der Waals surface area (Å²) in [5.41, 5.74) is 2.11. The molecule has 0 aliphatic rings. The second-order valence-electron chi connectivity index (χ2n) is 5.84. The number of rotatable bonds is 8. The molecule has 1 N–H and O–H groups in total. The van der Waals surface area contributed by atoms with Crippen LogP contribution in [0.15, 0.2) is 56.5 Å². The monoisotopic (exact) mass is 392 g/mol. The third kappa shape index (κ3) is 4.57. The number of benzene rings is 1. The fourth-order valence-electron chi connectivity index (χ4n) is 2.44. The van der Waals surface area contributed by atoms with E-state index >= 15 is 0 Å². The molecule has 138 valence electrons. The quantitative estimate of drug-likeness (QED) is 0.588. The first kappa shape index (κ1) is 18.8. The van der Waals surface area contributed by atoms with E-state index in [1.807, 2.05) is 25.1 Å². The molecule has 0 amide bonds. The van der Waals surface area contributed by atoms with Gasteiger partial charge in [0.1, 0.15) is 5.76 Å². The lowest BCUT2D eigenvalue weighted by atomic mass is 10.1. The molecule has 0 aliphatic carbocycles. The highest BCUT2D eigenvalue weighted by Crippen LogP contribution is 2.25. The third-order valence-electron chi connectivity index (χ3n) is 3.75. The molecule has 6 nitrogen and oxygen atoms in total. The highest BCUT2D eigenvalue weighted by molar-refractivity contribution is 7.98. The van der Waals surface area contributed by atoms with Crippen LogP contribution < -0.4 is 4.72 Å². The Kier molecular flexibility index (Phi) is 5.85. The Hall–Kier alpha value is -2.03. The molecule has 0 fully saturated rings. The number of thioether (sulfide) groups is 1. The van der Waals surface area contributed by atoms with E-state index in [1.165, 1.54) is 0 Å². The molecule has 8 heteroatoms. The van der Waals surface area contributed by atoms with Crippen molar-refractivity contribution in [2.75, 3.05) is 12.3 Å². The van der Waals surface area contributed by atoms with Crippen LogP contribution in [0.5, 0.6) is 0 Å². The van der Waals surface area contributed by atoms with E-state index in [0.29, 0.717) is 34.9 Å². The van der Waals surface area contributed by atoms with Gasteiger partial charge in [-0.25, -0.2) is 13.1 Å². The summed E-state index contributed by atoms with van der Waals surface area (Å²) in [6, 6.07) is 10.7. The van der Waals surface area contributed by atoms with Crippen LogP contribution in [0.2, 0.25) is 0 Å². The fraction of sp³-hybridized carbons (Fsp3) is 0.278. The van der Waals surface area contributed by atoms with Crippen molar-refractivity contribution in [1.82, 2.24) is 9.88 Å². The summed E-state index contributed by atoms with van der Waals surface area (Å²) in [5.74, 6) is 2.80. The average molecular weight is 393 g/mol. The van der Waals surface area contributed by atoms with Crippen molar-refractivity contribution in [3.05, 3.63) is 59.7 Å². The minimum Gasteiger partial charge on any atom is -0.468 e. The second-order valence-corrected chi connectivity index (χ2v) is 8.68. The number of aryl methyl sites for hydroxylation is 2. The van der Waals surface area contributed by atoms with Gasteiger partial charge in [0.25, 0.3) is 0 Å². The van der Waals surface area contributed by atoms with Gasteiger partial charge >= 0.3 is 0 Å². The average Bonchev–Trinajstić information content (AvgIpc) is 3.26. The lowest BCUT2D eigenvalue weighted by Crippen LogP contribution is -2.26. The zero-order valence-corrected chi connectivity index (χ0v) is 16.2. The SMILES string of the molecule is Cc1cc(-c2ccc(C)c(S(=O)(=O)NCCSCc3ccco3)c2)on1. The summed E-state index contributed by atoms with van der Waals surface area (Å²) >= 11 is 1.61. The first-order chi connectivity index (χ1) is 12.5. The fourth-order valence-corrected chi connectivity index (χ4v) is 4.62. The van der Waals surface area contributed by atoms with Gasteiger partial charge in [-0.3, -0.25) is 0 Å². The van der Waals surface area contributed by atoms with Crippen molar-refractivity contribution in [2.45, 2.75) is 24.5 Å². The van der Waals surface area contributed by atoms with E-state index in [-0.39, 0.29) is 4.90 Å². The predicted molar refractivity (Wildman–Crippen MR) is 101 cm³/mol. The van der Waals surface area contributed by atoms with Gasteiger partial charge in [0, 0.05) is 23.9 Å². The van der Waals surface area contributed by atoms with E-state index in [1.54, 1.807) is 43.1 Å². The molecule has 0 spiro atoms. The summed E-state index contributed by atoms with van der Waals surface area (Å²) in [7, 11) is -3.60. The normalized spacial score (nSPS) is 11.8. The molecule has 0 radical (unpaired) electrons. The smallest absolute Gasteiger partial charge is 0.240 e. The molecule has 1 aromatic carbocycles. The topological polar surface area (TPSA) is 85.3 Å². The predicted octanol–water partition coefficient (Wildman–Crippen LogP) is 3.76. The van der Waals surface area contributed by atoms with Gasteiger partial charge in [-0.2, -0.15) is 11.8 Å². The third-order valence-corrected chi connectivity index (χ3v) is 6.34. The Bertz CT molecular complexity index is 963. The number of nitrogens with one attached hydrogen (secondary N) is 1. The summed E-state index contributed by atoms with van der Waals surface area (Å²) in [4.78, 5) is 0.250. The van der Waals surface area contributed by atoms with Crippen LogP contribution >= 0.6 is 11.8 Å². The molecular weight excluding hydrogens is 372 g/mol. The zero-order valence-electron chi connectivity index (χ0n) is 14.6. The van der Waals surface area contributed by atoms with Crippen molar-refractivity contribution in [3.8, 4) is 11.3 Å². The summed E-state index contributed by atoms with van der Waals surface area (Å²) in [5, 5.41) is 3.85. The minimum absolute atomic E-state index is 0.250. The lowest BCUT2D eigenvalue weighted by molar-refractivity contribution is 0.427. The van der Waals surface area contributed by atoms with Crippen molar-refractivity contribution in [1.29, 1.82) is 0 Å². The zero-order chi connectivity index (χ0) is 18.6. The number of nitrogens with zero attached hydrogens (tertiary/aromatic N) is 1. The maximum absolute atomic E-state index is 12.6. The highest BCUT2D eigenvalue weighted by Gasteiger charge is 2.18. The maximum Gasteiger partial charge on any atom is 0.240 e. The molecule has 2 heterocycles. The summed E-state index contributed by atoms with van der Waals surface area (Å²) in [6.07, 6.45) is 1.63. The molecule has 0 saturated carbocycles. The Morgan fingerprint density at radius 3 is 2.73 bits per heavy atom. The summed E-state index contributed by atoms with van der Waals surface area (Å²) in [6.45, 7) is 3.94. The van der Waals surface area contributed by atoms with Crippen LogP contribution in [0.1, 0.15) is 17.0 Å². The first-order valence-corrected chi connectivity index (χ1v) is 10.7. The Morgan fingerprint density at radius 1 is 1.19 bits per heavy atom. The highest BCUT2D eigenvalue weighted by atomic mass is 32.2. The van der Waals surface area contributed by atoms with E-state index in [9.17, 15) is 8.42 Å². The summed E-state index contributed by atoms with van der Waals surface area (Å²) < 4.78 is 38.4. The number of sulfonamides is 1. The van der Waals surface area contributed by atoms with Gasteiger partial charge in [0.05, 0.1) is 22.6 Å². The minimum atomic E-state index is -3.60. The van der Waals surface area contributed by atoms with Gasteiger partial charge in [0.2, 0.25) is 10.0 Å². The van der Waals surface area contributed by atoms with Gasteiger partial charge in [-0.05, 0) is 37.6 Å². The maximum atomic E-state index is 12.6. The van der Waals surface area contributed by atoms with Crippen LogP contribution in [-0.4, -0.2) is 25.9 Å². The lowest BCUT2D eigenvalue weighted by Gasteiger charge is -2.10. The number of aromatic nitrogens is 1. The Labute approximate surface area is 157 Å². The molecule has 0 aliphatic heterocycles. The van der Waals surface area contributed by atoms with Gasteiger partial charge in [-0.1, -0.05) is 17.3 Å². The van der Waals surface area contributed by atoms with E-state index in [2.05, 4.69) is 9.88 Å². The Balaban J connectivity index is 1.64. The Morgan fingerprint density at radius 2 is 2.04 bits per heavy atom. The van der Waals surface area contributed by atoms with Crippen molar-refractivity contribution < 1.29 is 17.4 Å². The molecule has 3 rings (SSSR count). The molecule has 0 atom stereocenters. The van der Waals surface area contributed by atoms with Crippen LogP contribution in [0, 0.1) is 13.8 Å². The van der Waals surface area contributed by atoms with Gasteiger partial charge in [0.15, 0.2) is 5.76 Å². The van der Waals surface area contributed by atoms with E-state index < -0.39 is 10.0 Å². The van der Waals surface area contributed by atoms with Crippen molar-refractivity contribution >= 4 is 21.8 Å². The van der Waals surface area contributed by atoms with Crippen molar-refractivity contribution in [3.63, 3.8) is 0 Å². The molecule has 0 bridgehead atoms. The largest absolute Gasteiger partial charge is 0.468 e. The standard InChI is InChI=1S/C18H20N2O4S2/c1-13-5-6-15(17-10-14(2)20-24-17)11-18(13)26(21,22)19-7-9-25-12-16-4-3-8-23-16/h3-6,8,10-11,19H,7,9,12H2,1-2H3. The van der Waals surface area contributed by atoms with Gasteiger partial charge in [-0.15, -0.1) is 0 Å². The molecule has 3 aromatic rings. The number of hydrogen-bond acceptors (Lipinski definition) is 6.